The Morgan fingerprint density at radius 1 is 1.06 bits per heavy atom. The Bertz CT molecular complexity index is 1110. The van der Waals surface area contributed by atoms with Crippen LogP contribution in [0, 0.1) is 10.1 Å². The molecule has 160 valence electrons. The zero-order valence-corrected chi connectivity index (χ0v) is 15.6. The van der Waals surface area contributed by atoms with Gasteiger partial charge in [-0.3, -0.25) is 19.7 Å². The van der Waals surface area contributed by atoms with E-state index in [9.17, 15) is 32.9 Å². The lowest BCUT2D eigenvalue weighted by molar-refractivity contribution is -0.384. The predicted octanol–water partition coefficient (Wildman–Crippen LogP) is 3.32. The number of rotatable bonds is 6. The first kappa shape index (κ1) is 21.5. The van der Waals surface area contributed by atoms with Gasteiger partial charge in [-0.15, -0.1) is 0 Å². The Hall–Kier alpha value is -4.22. The molecule has 0 aliphatic heterocycles. The van der Waals surface area contributed by atoms with E-state index < -0.39 is 29.5 Å². The van der Waals surface area contributed by atoms with Crippen molar-refractivity contribution in [3.63, 3.8) is 0 Å². The molecule has 0 unspecified atom stereocenters. The molecule has 3 aromatic rings. The maximum Gasteiger partial charge on any atom is 0.405 e. The predicted molar refractivity (Wildman–Crippen MR) is 103 cm³/mol. The van der Waals surface area contributed by atoms with Crippen molar-refractivity contribution in [2.75, 3.05) is 11.9 Å². The summed E-state index contributed by atoms with van der Waals surface area (Å²) in [6, 6.07) is 9.06. The Kier molecular flexibility index (Phi) is 6.00. The van der Waals surface area contributed by atoms with Crippen LogP contribution in [0.25, 0.3) is 5.69 Å². The summed E-state index contributed by atoms with van der Waals surface area (Å²) in [7, 11) is 0. The molecular formula is C19H14F3N5O4. The number of hydrogen-bond donors (Lipinski definition) is 2. The van der Waals surface area contributed by atoms with Crippen LogP contribution in [0.4, 0.5) is 24.5 Å². The minimum Gasteiger partial charge on any atom is -0.343 e. The Morgan fingerprint density at radius 3 is 2.32 bits per heavy atom. The molecule has 1 aromatic heterocycles. The monoisotopic (exact) mass is 433 g/mol. The maximum atomic E-state index is 12.5. The van der Waals surface area contributed by atoms with Gasteiger partial charge in [0.1, 0.15) is 12.2 Å². The highest BCUT2D eigenvalue weighted by Gasteiger charge is 2.27. The van der Waals surface area contributed by atoms with Crippen molar-refractivity contribution in [3.8, 4) is 5.69 Å². The number of nitro groups is 1. The van der Waals surface area contributed by atoms with Crippen LogP contribution in [0.5, 0.6) is 0 Å². The summed E-state index contributed by atoms with van der Waals surface area (Å²) in [6.45, 7) is -1.46. The second-order valence-electron chi connectivity index (χ2n) is 6.26. The summed E-state index contributed by atoms with van der Waals surface area (Å²) in [6.07, 6.45) is -0.167. The van der Waals surface area contributed by atoms with Crippen molar-refractivity contribution < 1.29 is 27.7 Å². The van der Waals surface area contributed by atoms with E-state index in [1.165, 1.54) is 59.7 Å². The third-order valence-electron chi connectivity index (χ3n) is 4.07. The van der Waals surface area contributed by atoms with Gasteiger partial charge in [0.2, 0.25) is 0 Å². The van der Waals surface area contributed by atoms with Crippen molar-refractivity contribution in [3.05, 3.63) is 82.4 Å². The fourth-order valence-electron chi connectivity index (χ4n) is 2.62. The van der Waals surface area contributed by atoms with Crippen molar-refractivity contribution in [1.82, 2.24) is 14.9 Å². The molecule has 0 radical (unpaired) electrons. The van der Waals surface area contributed by atoms with Crippen LogP contribution in [-0.4, -0.2) is 39.0 Å². The van der Waals surface area contributed by atoms with Crippen LogP contribution in [-0.2, 0) is 0 Å². The molecule has 0 spiro atoms. The highest BCUT2D eigenvalue weighted by molar-refractivity contribution is 6.05. The molecule has 2 aromatic carbocycles. The van der Waals surface area contributed by atoms with Crippen LogP contribution in [0.1, 0.15) is 20.7 Å². The molecule has 0 bridgehead atoms. The number of amides is 2. The highest BCUT2D eigenvalue weighted by Crippen LogP contribution is 2.25. The van der Waals surface area contributed by atoms with Crippen LogP contribution >= 0.6 is 0 Å². The molecule has 31 heavy (non-hydrogen) atoms. The second kappa shape index (κ2) is 8.65. The molecule has 2 amide bonds. The normalized spacial score (nSPS) is 11.1. The zero-order valence-electron chi connectivity index (χ0n) is 15.6. The minimum atomic E-state index is -4.53. The van der Waals surface area contributed by atoms with Gasteiger partial charge < -0.3 is 15.2 Å². The van der Waals surface area contributed by atoms with Gasteiger partial charge in [-0.1, -0.05) is 0 Å². The molecule has 0 fully saturated rings. The number of anilines is 1. The molecule has 0 atom stereocenters. The number of hydrogen-bond acceptors (Lipinski definition) is 5. The van der Waals surface area contributed by atoms with Crippen LogP contribution < -0.4 is 10.6 Å². The van der Waals surface area contributed by atoms with Crippen molar-refractivity contribution in [2.24, 2.45) is 0 Å². The van der Waals surface area contributed by atoms with E-state index in [0.29, 0.717) is 0 Å². The summed E-state index contributed by atoms with van der Waals surface area (Å²) >= 11 is 0. The summed E-state index contributed by atoms with van der Waals surface area (Å²) in [5.41, 5.74) is 0.166. The second-order valence-corrected chi connectivity index (χ2v) is 6.26. The molecule has 0 aliphatic rings. The first-order valence-corrected chi connectivity index (χ1v) is 8.67. The molecule has 2 N–H and O–H groups in total. The molecule has 9 nitrogen and oxygen atoms in total. The lowest BCUT2D eigenvalue weighted by Crippen LogP contribution is -2.33. The number of benzene rings is 2. The number of nitro benzene ring substituents is 1. The number of halogens is 3. The van der Waals surface area contributed by atoms with Gasteiger partial charge in [0, 0.05) is 35.3 Å². The third-order valence-corrected chi connectivity index (χ3v) is 4.07. The van der Waals surface area contributed by atoms with Gasteiger partial charge in [-0.2, -0.15) is 13.2 Å². The third kappa shape index (κ3) is 5.44. The molecule has 12 heteroatoms. The average Bonchev–Trinajstić information content (AvgIpc) is 3.26. The summed E-state index contributed by atoms with van der Waals surface area (Å²) in [5.74, 6) is -1.56. The van der Waals surface area contributed by atoms with E-state index in [2.05, 4.69) is 10.3 Å². The fraction of sp³-hybridized carbons (Fsp3) is 0.105. The Morgan fingerprint density at radius 2 is 1.74 bits per heavy atom. The largest absolute Gasteiger partial charge is 0.405 e. The van der Waals surface area contributed by atoms with Crippen LogP contribution in [0.2, 0.25) is 0 Å². The van der Waals surface area contributed by atoms with Gasteiger partial charge in [0.15, 0.2) is 0 Å². The highest BCUT2D eigenvalue weighted by atomic mass is 19.4. The summed E-state index contributed by atoms with van der Waals surface area (Å²) < 4.78 is 38.0. The Labute approximate surface area is 172 Å². The van der Waals surface area contributed by atoms with E-state index in [-0.39, 0.29) is 28.2 Å². The standard InChI is InChI=1S/C19H14F3N5O4/c20-19(21,22)10-24-17(28)12-1-4-14(5-2-12)25-18(29)13-3-6-15(16(9-13)27(30)31)26-8-7-23-11-26/h1-9,11H,10H2,(H,24,28)(H,25,29). The first-order chi connectivity index (χ1) is 14.6. The van der Waals surface area contributed by atoms with Crippen molar-refractivity contribution in [2.45, 2.75) is 6.18 Å². The maximum absolute atomic E-state index is 12.5. The lowest BCUT2D eigenvalue weighted by atomic mass is 10.1. The zero-order chi connectivity index (χ0) is 22.6. The summed E-state index contributed by atoms with van der Waals surface area (Å²) in [4.78, 5) is 38.8. The van der Waals surface area contributed by atoms with Crippen molar-refractivity contribution >= 4 is 23.2 Å². The molecular weight excluding hydrogens is 419 g/mol. The van der Waals surface area contributed by atoms with E-state index in [0.717, 1.165) is 6.07 Å². The molecule has 0 aliphatic carbocycles. The number of aromatic nitrogens is 2. The quantitative estimate of drug-likeness (QED) is 0.457. The average molecular weight is 433 g/mol. The topological polar surface area (TPSA) is 119 Å². The van der Waals surface area contributed by atoms with E-state index in [4.69, 9.17) is 0 Å². The molecule has 0 saturated heterocycles. The minimum absolute atomic E-state index is 0.0163. The molecule has 3 rings (SSSR count). The first-order valence-electron chi connectivity index (χ1n) is 8.67. The van der Waals surface area contributed by atoms with E-state index in [1.807, 2.05) is 0 Å². The van der Waals surface area contributed by atoms with Gasteiger partial charge in [0.25, 0.3) is 17.5 Å². The SMILES string of the molecule is O=C(NCC(F)(F)F)c1ccc(NC(=O)c2ccc(-n3ccnc3)c([N+](=O)[O-])c2)cc1. The van der Waals surface area contributed by atoms with Gasteiger partial charge in [0.05, 0.1) is 11.3 Å². The molecule has 1 heterocycles. The number of imidazole rings is 1. The van der Waals surface area contributed by atoms with Crippen LogP contribution in [0.3, 0.4) is 0 Å². The number of carbonyl (C=O) groups excluding carboxylic acids is 2. The van der Waals surface area contributed by atoms with Gasteiger partial charge in [-0.25, -0.2) is 4.98 Å². The number of nitrogens with one attached hydrogen (secondary N) is 2. The van der Waals surface area contributed by atoms with Gasteiger partial charge >= 0.3 is 6.18 Å². The fourth-order valence-corrected chi connectivity index (χ4v) is 2.62. The summed E-state index contributed by atoms with van der Waals surface area (Å²) in [5, 5.41) is 15.6. The van der Waals surface area contributed by atoms with Crippen LogP contribution in [0.15, 0.2) is 61.2 Å². The number of alkyl halides is 3. The Balaban J connectivity index is 1.72. The number of nitrogens with zero attached hydrogens (tertiary/aromatic N) is 3. The van der Waals surface area contributed by atoms with E-state index >= 15 is 0 Å². The van der Waals surface area contributed by atoms with Gasteiger partial charge in [-0.05, 0) is 36.4 Å². The molecule has 0 saturated carbocycles. The smallest absolute Gasteiger partial charge is 0.343 e. The lowest BCUT2D eigenvalue weighted by Gasteiger charge is -2.10. The van der Waals surface area contributed by atoms with E-state index in [1.54, 1.807) is 5.32 Å². The number of carbonyl (C=O) groups is 2. The van der Waals surface area contributed by atoms with Crippen molar-refractivity contribution in [1.29, 1.82) is 0 Å².